The fourth-order valence-corrected chi connectivity index (χ4v) is 3.41. The summed E-state index contributed by atoms with van der Waals surface area (Å²) in [4.78, 5) is 6.42. The molecule has 1 aliphatic rings. The second kappa shape index (κ2) is 6.61. The molecule has 1 aromatic carbocycles. The molecule has 0 amide bonds. The number of imidazole rings is 1. The first-order chi connectivity index (χ1) is 11.1. The van der Waals surface area contributed by atoms with E-state index in [9.17, 15) is 10.4 Å². The first-order valence-electron chi connectivity index (χ1n) is 7.70. The number of anilines is 1. The zero-order valence-electron chi connectivity index (χ0n) is 13.0. The molecule has 1 fully saturated rings. The van der Waals surface area contributed by atoms with Gasteiger partial charge in [-0.05, 0) is 31.0 Å². The normalized spacial score (nSPS) is 19.4. The minimum absolute atomic E-state index is 0.0899. The summed E-state index contributed by atoms with van der Waals surface area (Å²) in [5.41, 5.74) is 1.46. The molecule has 0 bridgehead atoms. The molecular formula is C17H19ClN4O. The number of hydrogen-bond donors (Lipinski definition) is 1. The van der Waals surface area contributed by atoms with E-state index in [1.807, 2.05) is 23.9 Å². The molecule has 0 radical (unpaired) electrons. The van der Waals surface area contributed by atoms with Gasteiger partial charge in [-0.3, -0.25) is 0 Å². The highest BCUT2D eigenvalue weighted by Crippen LogP contribution is 2.33. The minimum atomic E-state index is -0.601. The molecule has 0 spiro atoms. The Morgan fingerprint density at radius 3 is 3.00 bits per heavy atom. The monoisotopic (exact) mass is 330 g/mol. The number of aliphatic hydroxyl groups is 1. The summed E-state index contributed by atoms with van der Waals surface area (Å²) in [6.07, 6.45) is 4.85. The van der Waals surface area contributed by atoms with Gasteiger partial charge in [-0.15, -0.1) is 0 Å². The highest BCUT2D eigenvalue weighted by molar-refractivity contribution is 6.30. The number of nitrogens with zero attached hydrogens (tertiary/aromatic N) is 4. The summed E-state index contributed by atoms with van der Waals surface area (Å²) in [7, 11) is 1.89. The highest BCUT2D eigenvalue weighted by Gasteiger charge is 2.30. The van der Waals surface area contributed by atoms with Crippen molar-refractivity contribution < 1.29 is 5.11 Å². The molecule has 1 saturated heterocycles. The van der Waals surface area contributed by atoms with Gasteiger partial charge in [0.2, 0.25) is 0 Å². The van der Waals surface area contributed by atoms with Gasteiger partial charge in [0.15, 0.2) is 0 Å². The number of piperidine rings is 1. The van der Waals surface area contributed by atoms with Crippen LogP contribution in [-0.2, 0) is 7.05 Å². The number of benzene rings is 1. The number of nitriles is 1. The van der Waals surface area contributed by atoms with Crippen LogP contribution in [0.3, 0.4) is 0 Å². The van der Waals surface area contributed by atoms with Crippen LogP contribution in [0, 0.1) is 17.2 Å². The number of aryl methyl sites for hydroxylation is 1. The quantitative estimate of drug-likeness (QED) is 0.939. The molecule has 2 heterocycles. The Bertz CT molecular complexity index is 736. The van der Waals surface area contributed by atoms with Crippen LogP contribution in [0.1, 0.15) is 30.3 Å². The van der Waals surface area contributed by atoms with Gasteiger partial charge >= 0.3 is 0 Å². The molecule has 0 saturated carbocycles. The lowest BCUT2D eigenvalue weighted by Gasteiger charge is -2.36. The molecule has 2 atom stereocenters. The lowest BCUT2D eigenvalue weighted by molar-refractivity contribution is 0.0875. The Morgan fingerprint density at radius 2 is 2.30 bits per heavy atom. The summed E-state index contributed by atoms with van der Waals surface area (Å²) in [6, 6.07) is 7.59. The van der Waals surface area contributed by atoms with Gasteiger partial charge in [0.05, 0.1) is 11.3 Å². The molecule has 3 rings (SSSR count). The molecule has 1 aromatic heterocycles. The number of hydrogen-bond acceptors (Lipinski definition) is 4. The van der Waals surface area contributed by atoms with E-state index >= 15 is 0 Å². The van der Waals surface area contributed by atoms with E-state index in [0.29, 0.717) is 23.0 Å². The second-order valence-electron chi connectivity index (χ2n) is 5.96. The molecule has 5 nitrogen and oxygen atoms in total. The van der Waals surface area contributed by atoms with Crippen molar-refractivity contribution in [3.8, 4) is 6.07 Å². The Morgan fingerprint density at radius 1 is 1.48 bits per heavy atom. The summed E-state index contributed by atoms with van der Waals surface area (Å²) < 4.78 is 1.85. The summed E-state index contributed by atoms with van der Waals surface area (Å²) in [6.45, 7) is 1.57. The van der Waals surface area contributed by atoms with Crippen molar-refractivity contribution in [3.63, 3.8) is 0 Å². The van der Waals surface area contributed by atoms with Crippen molar-refractivity contribution in [1.82, 2.24) is 9.55 Å². The Kier molecular flexibility index (Phi) is 4.56. The van der Waals surface area contributed by atoms with Crippen LogP contribution < -0.4 is 4.90 Å². The molecule has 0 aliphatic carbocycles. The van der Waals surface area contributed by atoms with Crippen LogP contribution in [0.2, 0.25) is 5.02 Å². The lowest BCUT2D eigenvalue weighted by Crippen LogP contribution is -2.38. The highest BCUT2D eigenvalue weighted by atomic mass is 35.5. The number of aromatic nitrogens is 2. The van der Waals surface area contributed by atoms with Crippen molar-refractivity contribution in [2.45, 2.75) is 18.9 Å². The topological polar surface area (TPSA) is 65.1 Å². The molecule has 1 N–H and O–H groups in total. The first kappa shape index (κ1) is 15.9. The fraction of sp³-hybridized carbons (Fsp3) is 0.412. The van der Waals surface area contributed by atoms with Gasteiger partial charge in [-0.1, -0.05) is 11.6 Å². The zero-order valence-corrected chi connectivity index (χ0v) is 13.7. The molecule has 6 heteroatoms. The molecule has 120 valence electrons. The SMILES string of the molecule is Cn1ccnc1C(O)C1CCCN(c2ccc(Cl)cc2C#N)C1. The van der Waals surface area contributed by atoms with Crippen molar-refractivity contribution in [3.05, 3.63) is 47.0 Å². The number of halogens is 1. The summed E-state index contributed by atoms with van der Waals surface area (Å²) in [5, 5.41) is 20.6. The van der Waals surface area contributed by atoms with Crippen LogP contribution in [0.15, 0.2) is 30.6 Å². The third-order valence-electron chi connectivity index (χ3n) is 4.45. The Labute approximate surface area is 140 Å². The fourth-order valence-electron chi connectivity index (χ4n) is 3.23. The first-order valence-corrected chi connectivity index (χ1v) is 8.08. The van der Waals surface area contributed by atoms with Crippen LogP contribution in [-0.4, -0.2) is 27.7 Å². The van der Waals surface area contributed by atoms with Gasteiger partial charge in [-0.2, -0.15) is 5.26 Å². The van der Waals surface area contributed by atoms with E-state index in [0.717, 1.165) is 25.1 Å². The van der Waals surface area contributed by atoms with E-state index in [1.165, 1.54) is 0 Å². The zero-order chi connectivity index (χ0) is 16.4. The largest absolute Gasteiger partial charge is 0.385 e. The van der Waals surface area contributed by atoms with Crippen LogP contribution >= 0.6 is 11.6 Å². The average Bonchev–Trinajstić information content (AvgIpc) is 3.00. The lowest BCUT2D eigenvalue weighted by atomic mass is 9.91. The predicted molar refractivity (Wildman–Crippen MR) is 89.3 cm³/mol. The van der Waals surface area contributed by atoms with Crippen molar-refractivity contribution in [1.29, 1.82) is 5.26 Å². The maximum Gasteiger partial charge on any atom is 0.137 e. The average molecular weight is 331 g/mol. The molecule has 23 heavy (non-hydrogen) atoms. The van der Waals surface area contributed by atoms with Crippen molar-refractivity contribution >= 4 is 17.3 Å². The summed E-state index contributed by atoms with van der Waals surface area (Å²) in [5.74, 6) is 0.778. The van der Waals surface area contributed by atoms with Gasteiger partial charge < -0.3 is 14.6 Å². The van der Waals surface area contributed by atoms with Crippen LogP contribution in [0.5, 0.6) is 0 Å². The van der Waals surface area contributed by atoms with Crippen molar-refractivity contribution in [2.24, 2.45) is 13.0 Å². The Balaban J connectivity index is 1.82. The smallest absolute Gasteiger partial charge is 0.137 e. The standard InChI is InChI=1S/C17H19ClN4O/c1-21-8-6-20-17(21)16(23)12-3-2-7-22(11-12)15-5-4-14(18)9-13(15)10-19/h4-6,8-9,12,16,23H,2-3,7,11H2,1H3. The van der Waals surface area contributed by atoms with Gasteiger partial charge in [0.1, 0.15) is 18.0 Å². The number of rotatable bonds is 3. The summed E-state index contributed by atoms with van der Waals surface area (Å²) >= 11 is 5.98. The maximum atomic E-state index is 10.7. The minimum Gasteiger partial charge on any atom is -0.385 e. The molecular weight excluding hydrogens is 312 g/mol. The van der Waals surface area contributed by atoms with Crippen molar-refractivity contribution in [2.75, 3.05) is 18.0 Å². The maximum absolute atomic E-state index is 10.7. The molecule has 1 aliphatic heterocycles. The van der Waals surface area contributed by atoms with Crippen LogP contribution in [0.4, 0.5) is 5.69 Å². The second-order valence-corrected chi connectivity index (χ2v) is 6.40. The van der Waals surface area contributed by atoms with Crippen LogP contribution in [0.25, 0.3) is 0 Å². The van der Waals surface area contributed by atoms with Gasteiger partial charge in [0.25, 0.3) is 0 Å². The number of aliphatic hydroxyl groups excluding tert-OH is 1. The van der Waals surface area contributed by atoms with Gasteiger partial charge in [0, 0.05) is 43.5 Å². The van der Waals surface area contributed by atoms with E-state index in [1.54, 1.807) is 18.3 Å². The van der Waals surface area contributed by atoms with E-state index in [2.05, 4.69) is 16.0 Å². The molecule has 2 unspecified atom stereocenters. The van der Waals surface area contributed by atoms with E-state index < -0.39 is 6.10 Å². The third-order valence-corrected chi connectivity index (χ3v) is 4.68. The Hall–Kier alpha value is -2.03. The van der Waals surface area contributed by atoms with E-state index in [-0.39, 0.29) is 5.92 Å². The molecule has 2 aromatic rings. The third kappa shape index (κ3) is 3.19. The predicted octanol–water partition coefficient (Wildman–Crippen LogP) is 2.90. The van der Waals surface area contributed by atoms with Gasteiger partial charge in [-0.25, -0.2) is 4.98 Å². The van der Waals surface area contributed by atoms with E-state index in [4.69, 9.17) is 11.6 Å².